The van der Waals surface area contributed by atoms with Gasteiger partial charge >= 0.3 is 0 Å². The normalized spacial score (nSPS) is 12.7. The Morgan fingerprint density at radius 2 is 0.957 bits per heavy atom. The van der Waals surface area contributed by atoms with Gasteiger partial charge in [-0.2, -0.15) is 0 Å². The van der Waals surface area contributed by atoms with Crippen LogP contribution in [-0.2, 0) is 25.0 Å². The van der Waals surface area contributed by atoms with E-state index in [1.54, 1.807) is 12.1 Å². The molecule has 0 saturated carbocycles. The lowest BCUT2D eigenvalue weighted by atomic mass is 10.4. The van der Waals surface area contributed by atoms with Gasteiger partial charge in [0.1, 0.15) is 0 Å². The van der Waals surface area contributed by atoms with Gasteiger partial charge in [-0.15, -0.1) is 4.94 Å². The number of hydrogen-bond acceptors (Lipinski definition) is 7. The minimum Gasteiger partial charge on any atom is -0.228 e. The van der Waals surface area contributed by atoms with E-state index in [0.29, 0.717) is 0 Å². The maximum Gasteiger partial charge on any atom is 0.280 e. The van der Waals surface area contributed by atoms with Gasteiger partial charge in [0.05, 0.1) is 9.79 Å². The van der Waals surface area contributed by atoms with Gasteiger partial charge in [0.2, 0.25) is 0 Å². The Hall–Kier alpha value is -1.86. The fourth-order valence-corrected chi connectivity index (χ4v) is 3.34. The smallest absolute Gasteiger partial charge is 0.228 e. The second-order valence-electron chi connectivity index (χ2n) is 4.23. The molecule has 0 radical (unpaired) electrons. The summed E-state index contributed by atoms with van der Waals surface area (Å²) in [5.74, 6) is 10.6. The molecular weight excluding hydrogens is 344 g/mol. The fourth-order valence-electron chi connectivity index (χ4n) is 1.56. The molecule has 2 aromatic rings. The number of nitrogens with zero attached hydrogens (tertiary/aromatic N) is 2. The lowest BCUT2D eigenvalue weighted by Crippen LogP contribution is -2.48. The van der Waals surface area contributed by atoms with Crippen molar-refractivity contribution < 1.29 is 21.8 Å². The Kier molecular flexibility index (Phi) is 5.11. The van der Waals surface area contributed by atoms with E-state index in [9.17, 15) is 16.8 Å². The molecule has 0 heterocycles. The third kappa shape index (κ3) is 3.73. The molecule has 0 saturated heterocycles. The first kappa shape index (κ1) is 17.5. The fraction of sp³-hybridized carbons (Fsp3) is 0. The van der Waals surface area contributed by atoms with Gasteiger partial charge in [0.25, 0.3) is 20.0 Å². The van der Waals surface area contributed by atoms with Crippen molar-refractivity contribution in [2.24, 2.45) is 11.7 Å². The van der Waals surface area contributed by atoms with Crippen LogP contribution in [-0.4, -0.2) is 26.0 Å². The van der Waals surface area contributed by atoms with Crippen molar-refractivity contribution in [1.82, 2.24) is 9.16 Å². The zero-order chi connectivity index (χ0) is 17.1. The van der Waals surface area contributed by atoms with Crippen molar-refractivity contribution in [3.05, 3.63) is 60.7 Å². The molecule has 124 valence electrons. The number of benzene rings is 2. The first-order valence-corrected chi connectivity index (χ1v) is 9.02. The van der Waals surface area contributed by atoms with E-state index < -0.39 is 20.0 Å². The highest BCUT2D eigenvalue weighted by Crippen LogP contribution is 2.16. The standard InChI is InChI=1S/C12H14N4O5S2/c13-15(22(17,18)11-7-3-1-4-8-11)21-16(14)23(19,20)12-9-5-2-6-10-12/h1-10H,13-14H2. The highest BCUT2D eigenvalue weighted by atomic mass is 32.2. The molecule has 0 spiro atoms. The summed E-state index contributed by atoms with van der Waals surface area (Å²) in [6, 6.07) is 14.2. The van der Waals surface area contributed by atoms with E-state index in [1.807, 2.05) is 0 Å². The minimum absolute atomic E-state index is 0.122. The third-order valence-corrected chi connectivity index (χ3v) is 5.53. The van der Waals surface area contributed by atoms with Gasteiger partial charge in [-0.1, -0.05) is 36.4 Å². The number of hydrogen-bond donors (Lipinski definition) is 2. The quantitative estimate of drug-likeness (QED) is 0.546. The van der Waals surface area contributed by atoms with Crippen molar-refractivity contribution in [1.29, 1.82) is 0 Å². The van der Waals surface area contributed by atoms with E-state index in [1.165, 1.54) is 48.5 Å². The van der Waals surface area contributed by atoms with Crippen LogP contribution in [0.15, 0.2) is 70.5 Å². The molecule has 0 unspecified atom stereocenters. The van der Waals surface area contributed by atoms with Crippen molar-refractivity contribution in [3.8, 4) is 0 Å². The lowest BCUT2D eigenvalue weighted by molar-refractivity contribution is -0.235. The molecule has 0 amide bonds. The maximum absolute atomic E-state index is 12.1. The molecule has 9 nitrogen and oxygen atoms in total. The van der Waals surface area contributed by atoms with Gasteiger partial charge in [-0.25, -0.2) is 28.5 Å². The highest BCUT2D eigenvalue weighted by molar-refractivity contribution is 7.89. The lowest BCUT2D eigenvalue weighted by Gasteiger charge is -2.21. The highest BCUT2D eigenvalue weighted by Gasteiger charge is 2.30. The molecule has 0 aliphatic carbocycles. The monoisotopic (exact) mass is 358 g/mol. The van der Waals surface area contributed by atoms with Gasteiger partial charge in [0.15, 0.2) is 0 Å². The SMILES string of the molecule is NN(ON(N)S(=O)(=O)c1ccccc1)S(=O)(=O)c1ccccc1. The maximum atomic E-state index is 12.1. The minimum atomic E-state index is -4.27. The Bertz CT molecular complexity index is 783. The van der Waals surface area contributed by atoms with Crippen molar-refractivity contribution in [3.63, 3.8) is 0 Å². The predicted octanol–water partition coefficient (Wildman–Crippen LogP) is -0.0378. The van der Waals surface area contributed by atoms with Crippen LogP contribution in [0.2, 0.25) is 0 Å². The van der Waals surface area contributed by atoms with E-state index >= 15 is 0 Å². The summed E-state index contributed by atoms with van der Waals surface area (Å²) in [5.41, 5.74) is 0. The van der Waals surface area contributed by atoms with Crippen LogP contribution >= 0.6 is 0 Å². The molecule has 0 atom stereocenters. The number of rotatable bonds is 6. The second-order valence-corrected chi connectivity index (χ2v) is 7.79. The molecule has 4 N–H and O–H groups in total. The number of hydrazine groups is 2. The number of sulfonamides is 2. The molecule has 11 heteroatoms. The van der Waals surface area contributed by atoms with E-state index in [-0.39, 0.29) is 18.9 Å². The topological polar surface area (TPSA) is 136 Å². The first-order valence-electron chi connectivity index (χ1n) is 6.14. The average Bonchev–Trinajstić information content (AvgIpc) is 2.56. The summed E-state index contributed by atoms with van der Waals surface area (Å²) in [5, 5.41) is 0. The summed E-state index contributed by atoms with van der Waals surface area (Å²) in [7, 11) is -8.55. The molecule has 0 aliphatic rings. The third-order valence-electron chi connectivity index (χ3n) is 2.72. The molecule has 0 fully saturated rings. The van der Waals surface area contributed by atoms with Crippen LogP contribution in [0.4, 0.5) is 0 Å². The largest absolute Gasteiger partial charge is 0.280 e. The second kappa shape index (κ2) is 6.72. The van der Waals surface area contributed by atoms with Gasteiger partial charge < -0.3 is 0 Å². The zero-order valence-electron chi connectivity index (χ0n) is 11.7. The van der Waals surface area contributed by atoms with Crippen molar-refractivity contribution >= 4 is 20.0 Å². The average molecular weight is 358 g/mol. The van der Waals surface area contributed by atoms with Crippen LogP contribution in [0, 0.1) is 0 Å². The first-order chi connectivity index (χ1) is 10.8. The molecular formula is C12H14N4O5S2. The van der Waals surface area contributed by atoms with Gasteiger partial charge in [-0.3, -0.25) is 0 Å². The van der Waals surface area contributed by atoms with E-state index in [0.717, 1.165) is 0 Å². The molecule has 2 aromatic carbocycles. The van der Waals surface area contributed by atoms with Gasteiger partial charge in [-0.05, 0) is 24.3 Å². The van der Waals surface area contributed by atoms with E-state index in [2.05, 4.69) is 4.94 Å². The Morgan fingerprint density at radius 3 is 1.26 bits per heavy atom. The van der Waals surface area contributed by atoms with Crippen molar-refractivity contribution in [2.75, 3.05) is 0 Å². The summed E-state index contributed by atoms with van der Waals surface area (Å²) in [6.45, 7) is 0. The molecule has 23 heavy (non-hydrogen) atoms. The Labute approximate surface area is 133 Å². The van der Waals surface area contributed by atoms with Crippen LogP contribution in [0.3, 0.4) is 0 Å². The zero-order valence-corrected chi connectivity index (χ0v) is 13.3. The summed E-state index contributed by atoms with van der Waals surface area (Å²) in [6.07, 6.45) is 0. The molecule has 0 aromatic heterocycles. The Morgan fingerprint density at radius 1 is 0.652 bits per heavy atom. The number of nitrogens with two attached hydrogens (primary N) is 2. The van der Waals surface area contributed by atoms with Crippen molar-refractivity contribution in [2.45, 2.75) is 9.79 Å². The molecule has 0 bridgehead atoms. The van der Waals surface area contributed by atoms with E-state index in [4.69, 9.17) is 11.7 Å². The van der Waals surface area contributed by atoms with Crippen LogP contribution in [0.5, 0.6) is 0 Å². The van der Waals surface area contributed by atoms with Gasteiger partial charge in [0, 0.05) is 9.16 Å². The summed E-state index contributed by atoms with van der Waals surface area (Å²) in [4.78, 5) is 4.16. The van der Waals surface area contributed by atoms with Crippen LogP contribution < -0.4 is 11.7 Å². The summed E-state index contributed by atoms with van der Waals surface area (Å²) < 4.78 is 48.3. The van der Waals surface area contributed by atoms with Crippen LogP contribution in [0.25, 0.3) is 0 Å². The summed E-state index contributed by atoms with van der Waals surface area (Å²) >= 11 is 0. The molecule has 0 aliphatic heterocycles. The predicted molar refractivity (Wildman–Crippen MR) is 80.4 cm³/mol. The molecule has 2 rings (SSSR count). The Balaban J connectivity index is 2.22. The van der Waals surface area contributed by atoms with Crippen LogP contribution in [0.1, 0.15) is 0 Å².